The van der Waals surface area contributed by atoms with Gasteiger partial charge in [-0.2, -0.15) is 0 Å². The van der Waals surface area contributed by atoms with E-state index in [1.54, 1.807) is 5.57 Å². The van der Waals surface area contributed by atoms with E-state index in [9.17, 15) is 0 Å². The Hall–Kier alpha value is -1.04. The second-order valence-corrected chi connectivity index (χ2v) is 5.06. The van der Waals surface area contributed by atoms with Crippen LogP contribution in [-0.4, -0.2) is 0 Å². The summed E-state index contributed by atoms with van der Waals surface area (Å²) in [4.78, 5) is 0. The molecule has 0 aromatic carbocycles. The SMILES string of the molecule is CC1=C2C=CC(C)=C2CC(C(C)C)C=C1. The van der Waals surface area contributed by atoms with Gasteiger partial charge in [-0.25, -0.2) is 0 Å². The third-order valence-electron chi connectivity index (χ3n) is 3.62. The third kappa shape index (κ3) is 1.86. The molecule has 0 N–H and O–H groups in total. The molecule has 0 aromatic rings. The van der Waals surface area contributed by atoms with E-state index >= 15 is 0 Å². The molecule has 2 rings (SSSR count). The zero-order valence-electron chi connectivity index (χ0n) is 10.2. The second-order valence-electron chi connectivity index (χ2n) is 5.06. The molecule has 15 heavy (non-hydrogen) atoms. The molecule has 0 saturated heterocycles. The molecule has 2 aliphatic rings. The Bertz CT molecular complexity index is 386. The monoisotopic (exact) mass is 200 g/mol. The van der Waals surface area contributed by atoms with Gasteiger partial charge in [0, 0.05) is 0 Å². The summed E-state index contributed by atoms with van der Waals surface area (Å²) in [6, 6.07) is 0. The van der Waals surface area contributed by atoms with Crippen LogP contribution in [0.25, 0.3) is 0 Å². The predicted octanol–water partition coefficient (Wildman–Crippen LogP) is 4.42. The van der Waals surface area contributed by atoms with Gasteiger partial charge < -0.3 is 0 Å². The van der Waals surface area contributed by atoms with E-state index in [0.29, 0.717) is 5.92 Å². The molecule has 0 bridgehead atoms. The number of allylic oxidation sites excluding steroid dienone is 8. The van der Waals surface area contributed by atoms with Gasteiger partial charge in [0.2, 0.25) is 0 Å². The number of rotatable bonds is 1. The highest BCUT2D eigenvalue weighted by molar-refractivity contribution is 5.57. The van der Waals surface area contributed by atoms with Crippen LogP contribution in [0.5, 0.6) is 0 Å². The molecule has 0 aliphatic heterocycles. The van der Waals surface area contributed by atoms with E-state index in [1.807, 2.05) is 0 Å². The Morgan fingerprint density at radius 3 is 2.47 bits per heavy atom. The standard InChI is InChI=1S/C15H20/c1-10(2)13-7-5-11(3)14-8-6-12(4)15(14)9-13/h5-8,10,13H,9H2,1-4H3. The van der Waals surface area contributed by atoms with Crippen molar-refractivity contribution in [1.29, 1.82) is 0 Å². The van der Waals surface area contributed by atoms with Crippen molar-refractivity contribution in [2.24, 2.45) is 11.8 Å². The van der Waals surface area contributed by atoms with Crippen molar-refractivity contribution in [2.45, 2.75) is 34.1 Å². The molecule has 1 unspecified atom stereocenters. The van der Waals surface area contributed by atoms with Gasteiger partial charge in [-0.15, -0.1) is 0 Å². The van der Waals surface area contributed by atoms with E-state index in [-0.39, 0.29) is 0 Å². The molecule has 2 aliphatic carbocycles. The van der Waals surface area contributed by atoms with Crippen molar-refractivity contribution in [2.75, 3.05) is 0 Å². The molecule has 1 atom stereocenters. The molecular weight excluding hydrogens is 180 g/mol. The summed E-state index contributed by atoms with van der Waals surface area (Å²) >= 11 is 0. The van der Waals surface area contributed by atoms with E-state index < -0.39 is 0 Å². The van der Waals surface area contributed by atoms with Crippen LogP contribution >= 0.6 is 0 Å². The maximum atomic E-state index is 2.39. The molecule has 80 valence electrons. The summed E-state index contributed by atoms with van der Waals surface area (Å²) in [5.41, 5.74) is 5.91. The fraction of sp³-hybridized carbons (Fsp3) is 0.467. The molecule has 0 spiro atoms. The predicted molar refractivity (Wildman–Crippen MR) is 66.6 cm³/mol. The first-order chi connectivity index (χ1) is 7.09. The second kappa shape index (κ2) is 3.84. The van der Waals surface area contributed by atoms with E-state index in [4.69, 9.17) is 0 Å². The van der Waals surface area contributed by atoms with Crippen molar-refractivity contribution in [3.63, 3.8) is 0 Å². The molecule has 0 heteroatoms. The van der Waals surface area contributed by atoms with Gasteiger partial charge in [0.1, 0.15) is 0 Å². The van der Waals surface area contributed by atoms with Crippen LogP contribution in [0.2, 0.25) is 0 Å². The van der Waals surface area contributed by atoms with Crippen LogP contribution in [0.1, 0.15) is 34.1 Å². The topological polar surface area (TPSA) is 0 Å². The smallest absolute Gasteiger partial charge is 0.0166 e. The zero-order chi connectivity index (χ0) is 11.0. The summed E-state index contributed by atoms with van der Waals surface area (Å²) in [7, 11) is 0. The summed E-state index contributed by atoms with van der Waals surface area (Å²) < 4.78 is 0. The van der Waals surface area contributed by atoms with Crippen molar-refractivity contribution >= 4 is 0 Å². The maximum absolute atomic E-state index is 2.39. The Balaban J connectivity index is 2.39. The lowest BCUT2D eigenvalue weighted by Crippen LogP contribution is -2.06. The van der Waals surface area contributed by atoms with Gasteiger partial charge >= 0.3 is 0 Å². The van der Waals surface area contributed by atoms with Crippen molar-refractivity contribution in [3.8, 4) is 0 Å². The van der Waals surface area contributed by atoms with Crippen molar-refractivity contribution < 1.29 is 0 Å². The Morgan fingerprint density at radius 2 is 1.80 bits per heavy atom. The maximum Gasteiger partial charge on any atom is -0.0166 e. The largest absolute Gasteiger partial charge is 0.0805 e. The first kappa shape index (κ1) is 10.5. The normalized spacial score (nSPS) is 25.3. The highest BCUT2D eigenvalue weighted by atomic mass is 14.3. The molecule has 0 amide bonds. The highest BCUT2D eigenvalue weighted by Crippen LogP contribution is 2.37. The summed E-state index contributed by atoms with van der Waals surface area (Å²) in [6.07, 6.45) is 10.4. The van der Waals surface area contributed by atoms with Gasteiger partial charge in [-0.1, -0.05) is 38.2 Å². The number of fused-ring (bicyclic) bond motifs is 1. The lowest BCUT2D eigenvalue weighted by molar-refractivity contribution is 0.465. The van der Waals surface area contributed by atoms with Crippen LogP contribution < -0.4 is 0 Å². The van der Waals surface area contributed by atoms with Crippen LogP contribution in [-0.2, 0) is 0 Å². The van der Waals surface area contributed by atoms with Crippen molar-refractivity contribution in [3.05, 3.63) is 46.6 Å². The minimum Gasteiger partial charge on any atom is -0.0805 e. The van der Waals surface area contributed by atoms with Crippen LogP contribution in [0.3, 0.4) is 0 Å². The molecule has 0 aromatic heterocycles. The summed E-state index contributed by atoms with van der Waals surface area (Å²) in [5.74, 6) is 1.43. The molecule has 0 radical (unpaired) electrons. The van der Waals surface area contributed by atoms with Crippen LogP contribution in [0.15, 0.2) is 46.6 Å². The fourth-order valence-corrected chi connectivity index (χ4v) is 2.38. The van der Waals surface area contributed by atoms with E-state index in [1.165, 1.54) is 23.1 Å². The van der Waals surface area contributed by atoms with Gasteiger partial charge in [0.15, 0.2) is 0 Å². The first-order valence-corrected chi connectivity index (χ1v) is 5.87. The van der Waals surface area contributed by atoms with Gasteiger partial charge in [0.25, 0.3) is 0 Å². The van der Waals surface area contributed by atoms with Gasteiger partial charge in [-0.3, -0.25) is 0 Å². The Morgan fingerprint density at radius 1 is 1.07 bits per heavy atom. The molecule has 0 nitrogen and oxygen atoms in total. The lowest BCUT2D eigenvalue weighted by Gasteiger charge is -2.17. The third-order valence-corrected chi connectivity index (χ3v) is 3.62. The molecule has 0 saturated carbocycles. The van der Waals surface area contributed by atoms with Crippen LogP contribution in [0.4, 0.5) is 0 Å². The minimum atomic E-state index is 0.697. The average Bonchev–Trinajstić information content (AvgIpc) is 2.43. The lowest BCUT2D eigenvalue weighted by atomic mass is 9.88. The Labute approximate surface area is 93.1 Å². The molecule has 0 fully saturated rings. The number of hydrogen-bond donors (Lipinski definition) is 0. The Kier molecular flexibility index (Phi) is 2.68. The zero-order valence-corrected chi connectivity index (χ0v) is 10.2. The van der Waals surface area contributed by atoms with E-state index in [2.05, 4.69) is 52.0 Å². The summed E-state index contributed by atoms with van der Waals surface area (Å²) in [6.45, 7) is 9.08. The highest BCUT2D eigenvalue weighted by Gasteiger charge is 2.21. The van der Waals surface area contributed by atoms with E-state index in [0.717, 1.165) is 5.92 Å². The minimum absolute atomic E-state index is 0.697. The quantitative estimate of drug-likeness (QED) is 0.587. The van der Waals surface area contributed by atoms with Gasteiger partial charge in [-0.05, 0) is 54.4 Å². The molecular formula is C15H20. The van der Waals surface area contributed by atoms with Crippen molar-refractivity contribution in [1.82, 2.24) is 0 Å². The fourth-order valence-electron chi connectivity index (χ4n) is 2.38. The van der Waals surface area contributed by atoms with Crippen LogP contribution in [0, 0.1) is 11.8 Å². The first-order valence-electron chi connectivity index (χ1n) is 5.87. The van der Waals surface area contributed by atoms with Gasteiger partial charge in [0.05, 0.1) is 0 Å². The summed E-state index contributed by atoms with van der Waals surface area (Å²) in [5, 5.41) is 0. The average molecular weight is 200 g/mol. The number of hydrogen-bond acceptors (Lipinski definition) is 0. The molecule has 0 heterocycles.